The van der Waals surface area contributed by atoms with Crippen LogP contribution >= 0.6 is 0 Å². The molecule has 3 fully saturated rings. The molecule has 1 amide bonds. The van der Waals surface area contributed by atoms with E-state index in [2.05, 4.69) is 21.2 Å². The van der Waals surface area contributed by atoms with Crippen molar-refractivity contribution in [2.24, 2.45) is 0 Å². The number of ether oxygens (including phenoxy) is 1. The van der Waals surface area contributed by atoms with Crippen LogP contribution in [0.3, 0.4) is 0 Å². The molecule has 0 aromatic rings. The van der Waals surface area contributed by atoms with Gasteiger partial charge in [0, 0.05) is 26.2 Å². The lowest BCUT2D eigenvalue weighted by molar-refractivity contribution is -0.124. The zero-order chi connectivity index (χ0) is 17.7. The number of methoxy groups -OCH3 is 1. The lowest BCUT2D eigenvalue weighted by Gasteiger charge is -2.33. The lowest BCUT2D eigenvalue weighted by Crippen LogP contribution is -2.52. The highest BCUT2D eigenvalue weighted by Gasteiger charge is 2.37. The topological polar surface area (TPSA) is 68.6 Å². The molecule has 0 aromatic carbocycles. The average Bonchev–Trinajstić information content (AvgIpc) is 3.26. The molecule has 2 atom stereocenters. The van der Waals surface area contributed by atoms with E-state index in [1.807, 2.05) is 0 Å². The third kappa shape index (κ3) is 4.72. The Hall–Kier alpha value is -1.16. The number of likely N-dealkylation sites (tertiary alicyclic amines) is 2. The predicted molar refractivity (Wildman–Crippen MR) is 96.0 cm³/mol. The molecule has 2 saturated heterocycles. The van der Waals surface area contributed by atoms with Gasteiger partial charge >= 0.3 is 0 Å². The molecule has 1 aliphatic carbocycles. The van der Waals surface area contributed by atoms with Crippen molar-refractivity contribution in [1.82, 2.24) is 15.1 Å². The van der Waals surface area contributed by atoms with Gasteiger partial charge in [-0.2, -0.15) is 5.26 Å². The van der Waals surface area contributed by atoms with Crippen LogP contribution in [-0.4, -0.2) is 73.2 Å². The van der Waals surface area contributed by atoms with Crippen molar-refractivity contribution in [3.8, 4) is 6.07 Å². The zero-order valence-electron chi connectivity index (χ0n) is 15.5. The minimum Gasteiger partial charge on any atom is -0.380 e. The molecule has 2 aliphatic heterocycles. The Morgan fingerprint density at radius 1 is 1.24 bits per heavy atom. The summed E-state index contributed by atoms with van der Waals surface area (Å²) in [5.74, 6) is -0.00775. The van der Waals surface area contributed by atoms with Gasteiger partial charge in [-0.25, -0.2) is 0 Å². The smallest absolute Gasteiger partial charge is 0.235 e. The number of hydrogen-bond acceptors (Lipinski definition) is 5. The number of nitriles is 1. The van der Waals surface area contributed by atoms with E-state index in [-0.39, 0.29) is 12.0 Å². The second-order valence-corrected chi connectivity index (χ2v) is 7.99. The first-order valence-corrected chi connectivity index (χ1v) is 9.85. The largest absolute Gasteiger partial charge is 0.380 e. The van der Waals surface area contributed by atoms with E-state index in [1.54, 1.807) is 7.11 Å². The van der Waals surface area contributed by atoms with Gasteiger partial charge in [-0.1, -0.05) is 19.3 Å². The molecule has 140 valence electrons. The third-order valence-corrected chi connectivity index (χ3v) is 6.14. The zero-order valence-corrected chi connectivity index (χ0v) is 15.5. The molecular formula is C19H32N4O2. The van der Waals surface area contributed by atoms with Crippen molar-refractivity contribution in [1.29, 1.82) is 5.26 Å². The molecular weight excluding hydrogens is 316 g/mol. The number of amides is 1. The van der Waals surface area contributed by atoms with Gasteiger partial charge in [0.1, 0.15) is 5.54 Å². The van der Waals surface area contributed by atoms with E-state index < -0.39 is 5.54 Å². The van der Waals surface area contributed by atoms with Gasteiger partial charge in [0.05, 0.1) is 18.7 Å². The summed E-state index contributed by atoms with van der Waals surface area (Å²) in [6.45, 7) is 4.55. The van der Waals surface area contributed by atoms with Crippen molar-refractivity contribution in [2.45, 2.75) is 69.1 Å². The molecule has 3 aliphatic rings. The van der Waals surface area contributed by atoms with Crippen LogP contribution in [0.25, 0.3) is 0 Å². The minimum absolute atomic E-state index is 0.00775. The van der Waals surface area contributed by atoms with E-state index in [4.69, 9.17) is 4.74 Å². The van der Waals surface area contributed by atoms with Gasteiger partial charge in [-0.15, -0.1) is 0 Å². The summed E-state index contributed by atoms with van der Waals surface area (Å²) in [4.78, 5) is 17.4. The molecule has 0 unspecified atom stereocenters. The Kier molecular flexibility index (Phi) is 6.32. The predicted octanol–water partition coefficient (Wildman–Crippen LogP) is 1.51. The highest BCUT2D eigenvalue weighted by atomic mass is 16.5. The number of carbonyl (C=O) groups excluding carboxylic acids is 1. The molecule has 0 bridgehead atoms. The fourth-order valence-electron chi connectivity index (χ4n) is 4.67. The normalized spacial score (nSPS) is 30.2. The Labute approximate surface area is 151 Å². The first-order valence-electron chi connectivity index (χ1n) is 9.85. The molecule has 25 heavy (non-hydrogen) atoms. The number of rotatable bonds is 6. The van der Waals surface area contributed by atoms with E-state index >= 15 is 0 Å². The third-order valence-electron chi connectivity index (χ3n) is 6.14. The molecule has 6 nitrogen and oxygen atoms in total. The van der Waals surface area contributed by atoms with Crippen molar-refractivity contribution in [2.75, 3.05) is 39.8 Å². The summed E-state index contributed by atoms with van der Waals surface area (Å²) < 4.78 is 5.56. The standard InChI is InChI=1S/C19H32N4O2/c1-25-17-11-16(12-22-9-5-6-10-22)23(13-17)14-18(24)21-19(15-20)7-3-2-4-8-19/h16-17H,2-14H2,1H3,(H,21,24)/t16-,17-/m0/s1. The molecule has 0 radical (unpaired) electrons. The first-order chi connectivity index (χ1) is 12.1. The van der Waals surface area contributed by atoms with Crippen LogP contribution in [-0.2, 0) is 9.53 Å². The van der Waals surface area contributed by atoms with E-state index in [9.17, 15) is 10.1 Å². The van der Waals surface area contributed by atoms with E-state index in [0.29, 0.717) is 12.6 Å². The molecule has 2 heterocycles. The Morgan fingerprint density at radius 2 is 1.96 bits per heavy atom. The Bertz CT molecular complexity index is 492. The Balaban J connectivity index is 1.56. The summed E-state index contributed by atoms with van der Waals surface area (Å²) in [6, 6.07) is 2.75. The fourth-order valence-corrected chi connectivity index (χ4v) is 4.67. The maximum atomic E-state index is 12.7. The van der Waals surface area contributed by atoms with Crippen LogP contribution in [0, 0.1) is 11.3 Å². The molecule has 1 saturated carbocycles. The van der Waals surface area contributed by atoms with Gasteiger partial charge in [0.2, 0.25) is 5.91 Å². The van der Waals surface area contributed by atoms with Crippen molar-refractivity contribution in [3.63, 3.8) is 0 Å². The van der Waals surface area contributed by atoms with E-state index in [0.717, 1.165) is 45.2 Å². The minimum atomic E-state index is -0.639. The van der Waals surface area contributed by atoms with Crippen LogP contribution in [0.5, 0.6) is 0 Å². The Morgan fingerprint density at radius 3 is 2.60 bits per heavy atom. The van der Waals surface area contributed by atoms with E-state index in [1.165, 1.54) is 32.4 Å². The van der Waals surface area contributed by atoms with Gasteiger partial charge in [0.25, 0.3) is 0 Å². The SMILES string of the molecule is CO[C@H]1C[C@@H](CN2CCCC2)N(CC(=O)NC2(C#N)CCCCC2)C1. The van der Waals surface area contributed by atoms with Crippen LogP contribution in [0.15, 0.2) is 0 Å². The van der Waals surface area contributed by atoms with Crippen molar-refractivity contribution >= 4 is 5.91 Å². The van der Waals surface area contributed by atoms with Gasteiger partial charge in [0.15, 0.2) is 0 Å². The number of nitrogens with zero attached hydrogens (tertiary/aromatic N) is 3. The highest BCUT2D eigenvalue weighted by Crippen LogP contribution is 2.28. The molecule has 1 N–H and O–H groups in total. The first kappa shape index (κ1) is 18.6. The summed E-state index contributed by atoms with van der Waals surface area (Å²) in [6.07, 6.45) is 8.56. The van der Waals surface area contributed by atoms with Crippen LogP contribution in [0.4, 0.5) is 0 Å². The fraction of sp³-hybridized carbons (Fsp3) is 0.895. The van der Waals surface area contributed by atoms with Crippen LogP contribution in [0.1, 0.15) is 51.4 Å². The maximum Gasteiger partial charge on any atom is 0.235 e. The van der Waals surface area contributed by atoms with Crippen molar-refractivity contribution in [3.05, 3.63) is 0 Å². The summed E-state index contributed by atoms with van der Waals surface area (Å²) in [5.41, 5.74) is -0.639. The number of hydrogen-bond donors (Lipinski definition) is 1. The second-order valence-electron chi connectivity index (χ2n) is 7.99. The highest BCUT2D eigenvalue weighted by molar-refractivity contribution is 5.79. The summed E-state index contributed by atoms with van der Waals surface area (Å²) in [5, 5.41) is 12.6. The maximum absolute atomic E-state index is 12.7. The van der Waals surface area contributed by atoms with Crippen molar-refractivity contribution < 1.29 is 9.53 Å². The number of nitrogens with one attached hydrogen (secondary N) is 1. The second kappa shape index (κ2) is 8.48. The molecule has 0 aromatic heterocycles. The molecule has 0 spiro atoms. The quantitative estimate of drug-likeness (QED) is 0.788. The molecule has 3 rings (SSSR count). The molecule has 6 heteroatoms. The average molecular weight is 348 g/mol. The number of carbonyl (C=O) groups is 1. The van der Waals surface area contributed by atoms with Crippen LogP contribution in [0.2, 0.25) is 0 Å². The lowest BCUT2D eigenvalue weighted by atomic mass is 9.83. The van der Waals surface area contributed by atoms with Gasteiger partial charge in [-0.3, -0.25) is 9.69 Å². The monoisotopic (exact) mass is 348 g/mol. The van der Waals surface area contributed by atoms with Crippen LogP contribution < -0.4 is 5.32 Å². The summed E-state index contributed by atoms with van der Waals surface area (Å²) in [7, 11) is 1.76. The van der Waals surface area contributed by atoms with Gasteiger partial charge < -0.3 is 15.0 Å². The van der Waals surface area contributed by atoms with Gasteiger partial charge in [-0.05, 0) is 45.2 Å². The summed E-state index contributed by atoms with van der Waals surface area (Å²) >= 11 is 0.